The van der Waals surface area contributed by atoms with Crippen molar-refractivity contribution >= 4 is 30.2 Å². The molecule has 4 rings (SSSR count). The van der Waals surface area contributed by atoms with Crippen LogP contribution in [0.5, 0.6) is 0 Å². The van der Waals surface area contributed by atoms with Crippen LogP contribution in [0.1, 0.15) is 16.8 Å². The molecule has 140 valence electrons. The topological polar surface area (TPSA) is 69.8 Å². The van der Waals surface area contributed by atoms with Crippen molar-refractivity contribution in [2.75, 3.05) is 0 Å². The number of aromatic nitrogens is 4. The quantitative estimate of drug-likeness (QED) is 0.495. The molecule has 0 amide bonds. The first-order chi connectivity index (χ1) is 13.4. The first kappa shape index (κ1) is 18.3. The Labute approximate surface area is 164 Å². The first-order valence-electron chi connectivity index (χ1n) is 8.25. The molecule has 0 saturated carbocycles. The molecule has 0 radical (unpaired) electrons. The molecule has 9 heteroatoms. The average molecular weight is 443 g/mol. The van der Waals surface area contributed by atoms with Crippen LogP contribution in [-0.2, 0) is 6.18 Å². The van der Waals surface area contributed by atoms with E-state index >= 15 is 0 Å². The van der Waals surface area contributed by atoms with Crippen LogP contribution in [-0.4, -0.2) is 35.3 Å². The number of nitrogens with one attached hydrogen (secondary N) is 1. The summed E-state index contributed by atoms with van der Waals surface area (Å²) in [6, 6.07) is 12.9. The van der Waals surface area contributed by atoms with Gasteiger partial charge in [0.25, 0.3) is 0 Å². The third-order valence-corrected chi connectivity index (χ3v) is 6.88. The Morgan fingerprint density at radius 1 is 1.14 bits per heavy atom. The van der Waals surface area contributed by atoms with E-state index < -0.39 is 27.5 Å². The predicted molar refractivity (Wildman–Crippen MR) is 100 cm³/mol. The van der Waals surface area contributed by atoms with Gasteiger partial charge in [0.1, 0.15) is 0 Å². The van der Waals surface area contributed by atoms with Gasteiger partial charge in [-0.25, -0.2) is 0 Å². The van der Waals surface area contributed by atoms with E-state index in [-0.39, 0.29) is 0 Å². The van der Waals surface area contributed by atoms with Crippen molar-refractivity contribution < 1.29 is 13.2 Å². The molecule has 0 spiro atoms. The molecule has 1 N–H and O–H groups in total. The van der Waals surface area contributed by atoms with Crippen molar-refractivity contribution in [2.45, 2.75) is 13.1 Å². The van der Waals surface area contributed by atoms with Gasteiger partial charge in [0.2, 0.25) is 0 Å². The number of imidazole rings is 1. The summed E-state index contributed by atoms with van der Waals surface area (Å²) in [7, 11) is 0. The Morgan fingerprint density at radius 2 is 1.93 bits per heavy atom. The molecule has 28 heavy (non-hydrogen) atoms. The number of rotatable bonds is 3. The molecule has 0 saturated heterocycles. The number of alkyl halides is 3. The van der Waals surface area contributed by atoms with Crippen molar-refractivity contribution in [3.05, 3.63) is 65.5 Å². The van der Waals surface area contributed by atoms with Crippen LogP contribution >= 0.6 is 0 Å². The van der Waals surface area contributed by atoms with Gasteiger partial charge >= 0.3 is 164 Å². The van der Waals surface area contributed by atoms with Crippen LogP contribution in [0.2, 0.25) is 0 Å². The normalized spacial score (nSPS) is 12.1. The van der Waals surface area contributed by atoms with Gasteiger partial charge in [-0.3, -0.25) is 0 Å². The van der Waals surface area contributed by atoms with Crippen LogP contribution in [0, 0.1) is 18.3 Å². The average Bonchev–Trinajstić information content (AvgIpc) is 3.21. The number of hydrogen-bond donors (Lipinski definition) is 1. The maximum absolute atomic E-state index is 13.1. The number of nitriles is 1. The number of pyridine rings is 1. The molecule has 0 bridgehead atoms. The number of benzene rings is 1. The molecular formula is C19H13AsF3N5. The molecule has 4 aromatic rings. The van der Waals surface area contributed by atoms with E-state index in [0.717, 1.165) is 16.2 Å². The number of aryl methyl sites for hydroxylation is 1. The van der Waals surface area contributed by atoms with Crippen molar-refractivity contribution in [3.8, 4) is 17.5 Å². The second kappa shape index (κ2) is 6.84. The second-order valence-corrected chi connectivity index (χ2v) is 8.86. The van der Waals surface area contributed by atoms with Crippen molar-refractivity contribution in [2.24, 2.45) is 0 Å². The Morgan fingerprint density at radius 3 is 2.64 bits per heavy atom. The third-order valence-electron chi connectivity index (χ3n) is 4.16. The molecule has 0 aliphatic carbocycles. The number of nitrogens with zero attached hydrogens (tertiary/aromatic N) is 4. The minimum atomic E-state index is -4.39. The standard InChI is InChI=1S/C19H13AsF3N5/c1-11-4-2-7-15(26-11)16-17(28-18(27-16)12(9-24)10-25-28)20-14-6-3-5-13(8-14)19(21,22)23/h2-8,10,20,25H,1H3. The molecule has 1 aromatic carbocycles. The molecule has 0 aliphatic heterocycles. The Bertz CT molecular complexity index is 1220. The molecule has 1 atom stereocenters. The van der Waals surface area contributed by atoms with E-state index in [1.54, 1.807) is 10.6 Å². The third kappa shape index (κ3) is 3.30. The second-order valence-electron chi connectivity index (χ2n) is 6.13. The zero-order valence-electron chi connectivity index (χ0n) is 14.5. The van der Waals surface area contributed by atoms with Gasteiger partial charge in [0.05, 0.1) is 0 Å². The number of halogens is 3. The number of hydrogen-bond acceptors (Lipinski definition) is 3. The SMILES string of the molecule is Cc1cccc(-c2nc3c(C#N)c[nH]n3c2[AsH]c2cccc(C(F)(F)F)c2)n1. The van der Waals surface area contributed by atoms with E-state index in [0.29, 0.717) is 26.9 Å². The van der Waals surface area contributed by atoms with Crippen LogP contribution in [0.3, 0.4) is 0 Å². The fourth-order valence-electron chi connectivity index (χ4n) is 2.88. The summed E-state index contributed by atoms with van der Waals surface area (Å²) in [6.45, 7) is 1.86. The zero-order chi connectivity index (χ0) is 19.9. The van der Waals surface area contributed by atoms with E-state index in [9.17, 15) is 18.4 Å². The molecule has 5 nitrogen and oxygen atoms in total. The summed E-state index contributed by atoms with van der Waals surface area (Å²) in [5.74, 6) is 0. The minimum absolute atomic E-state index is 0.371. The summed E-state index contributed by atoms with van der Waals surface area (Å²) in [5.41, 5.74) is 2.17. The predicted octanol–water partition coefficient (Wildman–Crippen LogP) is 2.31. The molecule has 0 fully saturated rings. The van der Waals surface area contributed by atoms with Gasteiger partial charge in [-0.1, -0.05) is 0 Å². The zero-order valence-corrected chi connectivity index (χ0v) is 16.6. The number of H-pyrrole nitrogens is 1. The summed E-state index contributed by atoms with van der Waals surface area (Å²) in [4.78, 5) is 9.08. The number of aromatic amines is 1. The molecule has 3 heterocycles. The van der Waals surface area contributed by atoms with Crippen LogP contribution in [0.25, 0.3) is 17.0 Å². The van der Waals surface area contributed by atoms with Gasteiger partial charge in [-0.15, -0.1) is 0 Å². The Hall–Kier alpha value is -3.04. The van der Waals surface area contributed by atoms with Crippen molar-refractivity contribution in [1.82, 2.24) is 19.6 Å². The monoisotopic (exact) mass is 443 g/mol. The molecule has 3 aromatic heterocycles. The number of fused-ring (bicyclic) bond motifs is 1. The summed E-state index contributed by atoms with van der Waals surface area (Å²) in [5, 5.41) is 12.3. The maximum atomic E-state index is 13.1. The molecular weight excluding hydrogens is 430 g/mol. The van der Waals surface area contributed by atoms with E-state index in [4.69, 9.17) is 0 Å². The van der Waals surface area contributed by atoms with Crippen molar-refractivity contribution in [1.29, 1.82) is 5.26 Å². The van der Waals surface area contributed by atoms with E-state index in [1.807, 2.05) is 25.1 Å². The van der Waals surface area contributed by atoms with Crippen LogP contribution in [0.15, 0.2) is 48.7 Å². The van der Waals surface area contributed by atoms with Gasteiger partial charge in [-0.2, -0.15) is 0 Å². The Kier molecular flexibility index (Phi) is 4.48. The van der Waals surface area contributed by atoms with Gasteiger partial charge in [0, 0.05) is 0 Å². The van der Waals surface area contributed by atoms with Crippen molar-refractivity contribution in [3.63, 3.8) is 0 Å². The Balaban J connectivity index is 1.87. The van der Waals surface area contributed by atoms with Gasteiger partial charge < -0.3 is 0 Å². The first-order valence-corrected chi connectivity index (χ1v) is 10.3. The summed E-state index contributed by atoms with van der Waals surface area (Å²) in [6.07, 6.45) is -2.85. The fraction of sp³-hybridized carbons (Fsp3) is 0.105. The van der Waals surface area contributed by atoms with E-state index in [1.165, 1.54) is 18.3 Å². The summed E-state index contributed by atoms with van der Waals surface area (Å²) < 4.78 is 42.3. The van der Waals surface area contributed by atoms with Gasteiger partial charge in [-0.05, 0) is 0 Å². The summed E-state index contributed by atoms with van der Waals surface area (Å²) >= 11 is -1.20. The van der Waals surface area contributed by atoms with Gasteiger partial charge in [0.15, 0.2) is 0 Å². The van der Waals surface area contributed by atoms with E-state index in [2.05, 4.69) is 21.1 Å². The van der Waals surface area contributed by atoms with Crippen LogP contribution in [0.4, 0.5) is 13.2 Å². The molecule has 0 aliphatic rings. The van der Waals surface area contributed by atoms with Crippen LogP contribution < -0.4 is 8.83 Å². The fourth-order valence-corrected chi connectivity index (χ4v) is 5.54. The molecule has 1 unspecified atom stereocenters.